The Labute approximate surface area is 117 Å². The van der Waals surface area contributed by atoms with Crippen molar-refractivity contribution in [2.75, 3.05) is 19.6 Å². The lowest BCUT2D eigenvalue weighted by Crippen LogP contribution is -2.55. The minimum Gasteiger partial charge on any atom is -0.328 e. The third-order valence-electron chi connectivity index (χ3n) is 5.28. The van der Waals surface area contributed by atoms with E-state index in [0.29, 0.717) is 0 Å². The number of aryl methyl sites for hydroxylation is 1. The molecule has 19 heavy (non-hydrogen) atoms. The summed E-state index contributed by atoms with van der Waals surface area (Å²) in [6.45, 7) is 5.57. The average Bonchev–Trinajstić information content (AvgIpc) is 2.47. The maximum absolute atomic E-state index is 6.28. The van der Waals surface area contributed by atoms with Crippen LogP contribution in [0.1, 0.15) is 43.7 Å². The van der Waals surface area contributed by atoms with E-state index in [4.69, 9.17) is 5.73 Å². The van der Waals surface area contributed by atoms with Crippen LogP contribution in [0.15, 0.2) is 24.3 Å². The standard InChI is InChI=1S/C17H26N2/c1-14-8-11-19(12-9-14)17(13-18)10-4-6-15-5-2-3-7-16(15)17/h2-3,5,7,14H,4,6,8-13,18H2,1H3. The van der Waals surface area contributed by atoms with Crippen molar-refractivity contribution in [3.63, 3.8) is 0 Å². The topological polar surface area (TPSA) is 29.3 Å². The molecule has 104 valence electrons. The van der Waals surface area contributed by atoms with Gasteiger partial charge in [0.25, 0.3) is 0 Å². The second-order valence-corrected chi connectivity index (χ2v) is 6.42. The first-order valence-electron chi connectivity index (χ1n) is 7.80. The van der Waals surface area contributed by atoms with Gasteiger partial charge in [-0.05, 0) is 62.2 Å². The molecule has 0 saturated carbocycles. The van der Waals surface area contributed by atoms with Crippen molar-refractivity contribution in [3.8, 4) is 0 Å². The average molecular weight is 258 g/mol. The molecule has 1 saturated heterocycles. The third kappa shape index (κ3) is 2.21. The van der Waals surface area contributed by atoms with Gasteiger partial charge < -0.3 is 5.73 Å². The molecule has 2 nitrogen and oxygen atoms in total. The predicted octanol–water partition coefficient (Wildman–Crippen LogP) is 2.91. The molecule has 2 N–H and O–H groups in total. The van der Waals surface area contributed by atoms with E-state index in [9.17, 15) is 0 Å². The first-order valence-corrected chi connectivity index (χ1v) is 7.80. The molecule has 2 aliphatic rings. The molecule has 2 heteroatoms. The SMILES string of the molecule is CC1CCN(C2(CN)CCCc3ccccc32)CC1. The van der Waals surface area contributed by atoms with Gasteiger partial charge in [0.2, 0.25) is 0 Å². The quantitative estimate of drug-likeness (QED) is 0.884. The van der Waals surface area contributed by atoms with Crippen LogP contribution in [0.5, 0.6) is 0 Å². The van der Waals surface area contributed by atoms with Crippen LogP contribution in [0.4, 0.5) is 0 Å². The monoisotopic (exact) mass is 258 g/mol. The Hall–Kier alpha value is -0.860. The lowest BCUT2D eigenvalue weighted by molar-refractivity contribution is 0.0414. The molecule has 1 aliphatic carbocycles. The summed E-state index contributed by atoms with van der Waals surface area (Å²) in [5.41, 5.74) is 9.44. The van der Waals surface area contributed by atoms with Crippen LogP contribution in [0.25, 0.3) is 0 Å². The Morgan fingerprint density at radius 3 is 2.74 bits per heavy atom. The van der Waals surface area contributed by atoms with Gasteiger partial charge in [0.05, 0.1) is 5.54 Å². The molecule has 0 spiro atoms. The van der Waals surface area contributed by atoms with Crippen molar-refractivity contribution in [1.82, 2.24) is 4.90 Å². The van der Waals surface area contributed by atoms with Crippen LogP contribution in [0.2, 0.25) is 0 Å². The molecule has 0 bridgehead atoms. The molecule has 1 heterocycles. The number of benzene rings is 1. The Balaban J connectivity index is 1.95. The summed E-state index contributed by atoms with van der Waals surface area (Å²) in [7, 11) is 0. The maximum Gasteiger partial charge on any atom is 0.0586 e. The molecule has 1 unspecified atom stereocenters. The fourth-order valence-electron chi connectivity index (χ4n) is 4.00. The summed E-state index contributed by atoms with van der Waals surface area (Å²) in [6.07, 6.45) is 6.38. The van der Waals surface area contributed by atoms with Crippen LogP contribution in [-0.2, 0) is 12.0 Å². The highest BCUT2D eigenvalue weighted by Gasteiger charge is 2.41. The number of nitrogens with zero attached hydrogens (tertiary/aromatic N) is 1. The van der Waals surface area contributed by atoms with E-state index < -0.39 is 0 Å². The minimum absolute atomic E-state index is 0.120. The van der Waals surface area contributed by atoms with Gasteiger partial charge in [0, 0.05) is 6.54 Å². The molecule has 1 fully saturated rings. The number of likely N-dealkylation sites (tertiary alicyclic amines) is 1. The van der Waals surface area contributed by atoms with E-state index in [1.54, 1.807) is 0 Å². The first kappa shape index (κ1) is 13.1. The van der Waals surface area contributed by atoms with E-state index in [2.05, 4.69) is 36.1 Å². The van der Waals surface area contributed by atoms with Crippen molar-refractivity contribution >= 4 is 0 Å². The second-order valence-electron chi connectivity index (χ2n) is 6.42. The lowest BCUT2D eigenvalue weighted by Gasteiger charge is -2.49. The summed E-state index contributed by atoms with van der Waals surface area (Å²) in [5, 5.41) is 0. The third-order valence-corrected chi connectivity index (χ3v) is 5.28. The second kappa shape index (κ2) is 5.26. The Morgan fingerprint density at radius 2 is 2.00 bits per heavy atom. The van der Waals surface area contributed by atoms with Gasteiger partial charge in [0.15, 0.2) is 0 Å². The fourth-order valence-corrected chi connectivity index (χ4v) is 4.00. The van der Waals surface area contributed by atoms with Crippen LogP contribution >= 0.6 is 0 Å². The molecule has 0 amide bonds. The fraction of sp³-hybridized carbons (Fsp3) is 0.647. The van der Waals surface area contributed by atoms with E-state index in [1.165, 1.54) is 56.3 Å². The highest BCUT2D eigenvalue weighted by Crippen LogP contribution is 2.41. The first-order chi connectivity index (χ1) is 9.26. The smallest absolute Gasteiger partial charge is 0.0586 e. The zero-order chi connectivity index (χ0) is 13.3. The van der Waals surface area contributed by atoms with Gasteiger partial charge in [-0.3, -0.25) is 4.90 Å². The van der Waals surface area contributed by atoms with Gasteiger partial charge in [-0.1, -0.05) is 31.2 Å². The maximum atomic E-state index is 6.28. The predicted molar refractivity (Wildman–Crippen MR) is 80.1 cm³/mol. The molecule has 1 aromatic rings. The van der Waals surface area contributed by atoms with Gasteiger partial charge in [-0.15, -0.1) is 0 Å². The molecule has 1 aliphatic heterocycles. The van der Waals surface area contributed by atoms with Gasteiger partial charge >= 0.3 is 0 Å². The highest BCUT2D eigenvalue weighted by atomic mass is 15.2. The van der Waals surface area contributed by atoms with Gasteiger partial charge in [0.1, 0.15) is 0 Å². The number of hydrogen-bond donors (Lipinski definition) is 1. The molecule has 1 atom stereocenters. The number of piperidine rings is 1. The molecule has 0 aromatic heterocycles. The summed E-state index contributed by atoms with van der Waals surface area (Å²) in [4.78, 5) is 2.69. The molecule has 1 aromatic carbocycles. The van der Waals surface area contributed by atoms with Crippen LogP contribution in [0, 0.1) is 5.92 Å². The Kier molecular flexibility index (Phi) is 3.64. The highest BCUT2D eigenvalue weighted by molar-refractivity contribution is 5.37. The van der Waals surface area contributed by atoms with E-state index in [1.807, 2.05) is 0 Å². The van der Waals surface area contributed by atoms with Crippen molar-refractivity contribution in [1.29, 1.82) is 0 Å². The lowest BCUT2D eigenvalue weighted by atomic mass is 9.74. The summed E-state index contributed by atoms with van der Waals surface area (Å²) in [5.74, 6) is 0.880. The number of fused-ring (bicyclic) bond motifs is 1. The van der Waals surface area contributed by atoms with Crippen LogP contribution in [-0.4, -0.2) is 24.5 Å². The van der Waals surface area contributed by atoms with Crippen molar-refractivity contribution in [2.45, 2.75) is 44.6 Å². The summed E-state index contributed by atoms with van der Waals surface area (Å²) in [6, 6.07) is 8.97. The number of hydrogen-bond acceptors (Lipinski definition) is 2. The molecule has 0 radical (unpaired) electrons. The normalized spacial score (nSPS) is 29.2. The van der Waals surface area contributed by atoms with E-state index in [0.717, 1.165) is 12.5 Å². The zero-order valence-electron chi connectivity index (χ0n) is 12.1. The van der Waals surface area contributed by atoms with Crippen LogP contribution in [0.3, 0.4) is 0 Å². The van der Waals surface area contributed by atoms with Crippen molar-refractivity contribution in [3.05, 3.63) is 35.4 Å². The Bertz CT molecular complexity index is 435. The molecular weight excluding hydrogens is 232 g/mol. The Morgan fingerprint density at radius 1 is 1.26 bits per heavy atom. The van der Waals surface area contributed by atoms with Gasteiger partial charge in [-0.2, -0.15) is 0 Å². The van der Waals surface area contributed by atoms with E-state index >= 15 is 0 Å². The zero-order valence-corrected chi connectivity index (χ0v) is 12.1. The number of rotatable bonds is 2. The van der Waals surface area contributed by atoms with Crippen LogP contribution < -0.4 is 5.73 Å². The number of nitrogens with two attached hydrogens (primary N) is 1. The van der Waals surface area contributed by atoms with Gasteiger partial charge in [-0.25, -0.2) is 0 Å². The van der Waals surface area contributed by atoms with E-state index in [-0.39, 0.29) is 5.54 Å². The minimum atomic E-state index is 0.120. The largest absolute Gasteiger partial charge is 0.328 e. The molecule has 3 rings (SSSR count). The van der Waals surface area contributed by atoms with Crippen molar-refractivity contribution < 1.29 is 0 Å². The summed E-state index contributed by atoms with van der Waals surface area (Å²) < 4.78 is 0. The van der Waals surface area contributed by atoms with Crippen molar-refractivity contribution in [2.24, 2.45) is 11.7 Å². The molecular formula is C17H26N2. The summed E-state index contributed by atoms with van der Waals surface area (Å²) >= 11 is 0.